The molecule has 0 aromatic carbocycles. The summed E-state index contributed by atoms with van der Waals surface area (Å²) in [5.74, 6) is 0. The molecule has 2 aromatic rings. The largest absolute Gasteiger partial charge is 0.330 e. The van der Waals surface area contributed by atoms with Crippen LogP contribution < -0.4 is 5.73 Å². The summed E-state index contributed by atoms with van der Waals surface area (Å²) in [5, 5.41) is 0. The lowest BCUT2D eigenvalue weighted by atomic mass is 9.91. The van der Waals surface area contributed by atoms with E-state index >= 15 is 0 Å². The molecule has 24 heavy (non-hydrogen) atoms. The number of nitrogens with two attached hydrogens (primary N) is 1. The first-order chi connectivity index (χ1) is 11.8. The predicted molar refractivity (Wildman–Crippen MR) is 97.6 cm³/mol. The molecule has 2 heterocycles. The Morgan fingerprint density at radius 1 is 1.17 bits per heavy atom. The van der Waals surface area contributed by atoms with Crippen molar-refractivity contribution >= 4 is 0 Å². The van der Waals surface area contributed by atoms with E-state index in [1.54, 1.807) is 0 Å². The van der Waals surface area contributed by atoms with Gasteiger partial charge in [-0.25, -0.2) is 0 Å². The van der Waals surface area contributed by atoms with E-state index in [0.29, 0.717) is 6.04 Å². The van der Waals surface area contributed by atoms with Crippen molar-refractivity contribution in [2.45, 2.75) is 51.1 Å². The zero-order valence-corrected chi connectivity index (χ0v) is 14.6. The van der Waals surface area contributed by atoms with Crippen molar-refractivity contribution in [2.24, 2.45) is 5.73 Å². The summed E-state index contributed by atoms with van der Waals surface area (Å²) in [4.78, 5) is 11.7. The number of aryl methyl sites for hydroxylation is 2. The molecule has 0 spiro atoms. The first-order valence-corrected chi connectivity index (χ1v) is 9.06. The summed E-state index contributed by atoms with van der Waals surface area (Å²) >= 11 is 0. The maximum atomic E-state index is 5.62. The summed E-state index contributed by atoms with van der Waals surface area (Å²) in [6.45, 7) is 1.64. The third-order valence-corrected chi connectivity index (χ3v) is 4.98. The molecule has 0 saturated heterocycles. The minimum Gasteiger partial charge on any atom is -0.330 e. The number of unbranched alkanes of at least 4 members (excludes halogenated alkanes) is 1. The van der Waals surface area contributed by atoms with E-state index in [1.807, 2.05) is 18.5 Å². The summed E-state index contributed by atoms with van der Waals surface area (Å²) < 4.78 is 0. The quantitative estimate of drug-likeness (QED) is 0.794. The van der Waals surface area contributed by atoms with Crippen molar-refractivity contribution in [3.05, 3.63) is 59.2 Å². The highest BCUT2D eigenvalue weighted by molar-refractivity contribution is 5.26. The van der Waals surface area contributed by atoms with Crippen LogP contribution in [-0.2, 0) is 19.4 Å². The van der Waals surface area contributed by atoms with Gasteiger partial charge in [0, 0.05) is 18.9 Å². The molecule has 4 heteroatoms. The van der Waals surface area contributed by atoms with Gasteiger partial charge in [-0.2, -0.15) is 0 Å². The molecule has 0 bridgehead atoms. The third kappa shape index (κ3) is 4.00. The molecule has 1 aliphatic carbocycles. The van der Waals surface area contributed by atoms with E-state index in [0.717, 1.165) is 38.8 Å². The van der Waals surface area contributed by atoms with Crippen LogP contribution in [0.4, 0.5) is 0 Å². The van der Waals surface area contributed by atoms with Crippen LogP contribution >= 0.6 is 0 Å². The van der Waals surface area contributed by atoms with Crippen molar-refractivity contribution in [1.82, 2.24) is 14.9 Å². The molecule has 1 unspecified atom stereocenters. The number of hydrogen-bond donors (Lipinski definition) is 1. The fourth-order valence-corrected chi connectivity index (χ4v) is 3.66. The first-order valence-electron chi connectivity index (χ1n) is 9.06. The lowest BCUT2D eigenvalue weighted by Gasteiger charge is -2.32. The van der Waals surface area contributed by atoms with E-state index in [9.17, 15) is 0 Å². The van der Waals surface area contributed by atoms with Gasteiger partial charge < -0.3 is 5.73 Å². The third-order valence-electron chi connectivity index (χ3n) is 4.98. The Labute approximate surface area is 145 Å². The predicted octanol–water partition coefficient (Wildman–Crippen LogP) is 3.27. The van der Waals surface area contributed by atoms with Crippen LogP contribution in [0.1, 0.15) is 54.2 Å². The molecule has 2 aromatic heterocycles. The number of pyridine rings is 2. The molecule has 0 saturated carbocycles. The molecular formula is C20H28N4. The number of fused-ring (bicyclic) bond motifs is 1. The second-order valence-electron chi connectivity index (χ2n) is 6.73. The molecule has 4 nitrogen and oxygen atoms in total. The van der Waals surface area contributed by atoms with Crippen molar-refractivity contribution < 1.29 is 0 Å². The van der Waals surface area contributed by atoms with Crippen LogP contribution in [0.25, 0.3) is 0 Å². The van der Waals surface area contributed by atoms with Gasteiger partial charge in [0.25, 0.3) is 0 Å². The maximum absolute atomic E-state index is 5.62. The number of nitrogens with zero attached hydrogens (tertiary/aromatic N) is 3. The summed E-state index contributed by atoms with van der Waals surface area (Å²) in [6.07, 6.45) is 10.7. The standard InChI is InChI=1S/C20H28N4/c1-24(19-11-4-8-17-10-6-14-23-20(17)19)15-18-16(7-2-3-12-21)9-5-13-22-18/h5-6,9-10,13-14,19H,2-4,7-8,11-12,15,21H2,1H3. The van der Waals surface area contributed by atoms with Crippen LogP contribution in [0.3, 0.4) is 0 Å². The zero-order valence-electron chi connectivity index (χ0n) is 14.6. The van der Waals surface area contributed by atoms with Crippen molar-refractivity contribution in [3.8, 4) is 0 Å². The SMILES string of the molecule is CN(Cc1ncccc1CCCCN)C1CCCc2cccnc21. The van der Waals surface area contributed by atoms with Gasteiger partial charge in [0.15, 0.2) is 0 Å². The van der Waals surface area contributed by atoms with Crippen LogP contribution in [0.5, 0.6) is 0 Å². The van der Waals surface area contributed by atoms with E-state index in [1.165, 1.54) is 35.4 Å². The molecule has 3 rings (SSSR count). The summed E-state index contributed by atoms with van der Waals surface area (Å²) in [6, 6.07) is 8.92. The highest BCUT2D eigenvalue weighted by Crippen LogP contribution is 2.32. The van der Waals surface area contributed by atoms with Gasteiger partial charge in [0.1, 0.15) is 0 Å². The van der Waals surface area contributed by atoms with E-state index in [2.05, 4.69) is 40.1 Å². The van der Waals surface area contributed by atoms with Crippen molar-refractivity contribution in [2.75, 3.05) is 13.6 Å². The Balaban J connectivity index is 1.73. The Morgan fingerprint density at radius 3 is 2.88 bits per heavy atom. The van der Waals surface area contributed by atoms with E-state index in [4.69, 9.17) is 5.73 Å². The van der Waals surface area contributed by atoms with E-state index in [-0.39, 0.29) is 0 Å². The topological polar surface area (TPSA) is 55.0 Å². The molecule has 1 atom stereocenters. The lowest BCUT2D eigenvalue weighted by Crippen LogP contribution is -2.29. The fourth-order valence-electron chi connectivity index (χ4n) is 3.66. The fraction of sp³-hybridized carbons (Fsp3) is 0.500. The first kappa shape index (κ1) is 17.1. The molecule has 0 aliphatic heterocycles. The van der Waals surface area contributed by atoms with Gasteiger partial charge in [-0.3, -0.25) is 14.9 Å². The minimum atomic E-state index is 0.397. The Bertz CT molecular complexity index is 656. The molecule has 0 fully saturated rings. The second-order valence-corrected chi connectivity index (χ2v) is 6.73. The molecule has 0 amide bonds. The highest BCUT2D eigenvalue weighted by atomic mass is 15.1. The average molecular weight is 324 g/mol. The minimum absolute atomic E-state index is 0.397. The Kier molecular flexibility index (Phi) is 5.94. The van der Waals surface area contributed by atoms with Crippen molar-refractivity contribution in [3.63, 3.8) is 0 Å². The second kappa shape index (κ2) is 8.36. The van der Waals surface area contributed by atoms with Gasteiger partial charge in [-0.1, -0.05) is 12.1 Å². The van der Waals surface area contributed by atoms with Crippen LogP contribution in [-0.4, -0.2) is 28.5 Å². The molecule has 1 aliphatic rings. The Hall–Kier alpha value is -1.78. The highest BCUT2D eigenvalue weighted by Gasteiger charge is 2.25. The summed E-state index contributed by atoms with van der Waals surface area (Å²) in [5.41, 5.74) is 10.8. The molecule has 2 N–H and O–H groups in total. The number of hydrogen-bond acceptors (Lipinski definition) is 4. The van der Waals surface area contributed by atoms with Crippen molar-refractivity contribution in [1.29, 1.82) is 0 Å². The Morgan fingerprint density at radius 2 is 2.00 bits per heavy atom. The lowest BCUT2D eigenvalue weighted by molar-refractivity contribution is 0.205. The number of rotatable bonds is 7. The van der Waals surface area contributed by atoms with Gasteiger partial charge in [-0.15, -0.1) is 0 Å². The van der Waals surface area contributed by atoms with Gasteiger partial charge >= 0.3 is 0 Å². The normalized spacial score (nSPS) is 17.0. The zero-order chi connectivity index (χ0) is 16.8. The van der Waals surface area contributed by atoms with Gasteiger partial charge in [0.2, 0.25) is 0 Å². The van der Waals surface area contributed by atoms with E-state index < -0.39 is 0 Å². The smallest absolute Gasteiger partial charge is 0.0607 e. The number of aromatic nitrogens is 2. The monoisotopic (exact) mass is 324 g/mol. The van der Waals surface area contributed by atoms with Gasteiger partial charge in [0.05, 0.1) is 17.4 Å². The summed E-state index contributed by atoms with van der Waals surface area (Å²) in [7, 11) is 2.20. The van der Waals surface area contributed by atoms with Gasteiger partial charge in [-0.05, 0) is 75.4 Å². The van der Waals surface area contributed by atoms with Crippen LogP contribution in [0, 0.1) is 0 Å². The average Bonchev–Trinajstić information content (AvgIpc) is 2.63. The van der Waals surface area contributed by atoms with Crippen LogP contribution in [0.15, 0.2) is 36.7 Å². The van der Waals surface area contributed by atoms with Crippen LogP contribution in [0.2, 0.25) is 0 Å². The molecular weight excluding hydrogens is 296 g/mol. The maximum Gasteiger partial charge on any atom is 0.0607 e. The molecule has 128 valence electrons. The molecule has 0 radical (unpaired) electrons.